The number of hydrogen-bond acceptors (Lipinski definition) is 3. The van der Waals surface area contributed by atoms with Crippen LogP contribution in [0.15, 0.2) is 30.3 Å². The molecule has 3 rings (SSSR count). The molecule has 98 valence electrons. The topological polar surface area (TPSA) is 3.24 Å². The van der Waals surface area contributed by atoms with Gasteiger partial charge in [-0.2, -0.15) is 0 Å². The minimum absolute atomic E-state index is 0.806. The van der Waals surface area contributed by atoms with Crippen LogP contribution in [0.1, 0.15) is 24.8 Å². The summed E-state index contributed by atoms with van der Waals surface area (Å²) in [5, 5.41) is 0. The first-order valence-corrected chi connectivity index (χ1v) is 9.04. The maximum absolute atomic E-state index is 2.71. The molecule has 1 atom stereocenters. The summed E-state index contributed by atoms with van der Waals surface area (Å²) in [4.78, 5) is 2.71. The Kier molecular flexibility index (Phi) is 4.55. The lowest BCUT2D eigenvalue weighted by atomic mass is 10.2. The normalized spacial score (nSPS) is 26.6. The molecule has 1 aromatic carbocycles. The molecule has 1 unspecified atom stereocenters. The minimum Gasteiger partial charge on any atom is -0.294 e. The monoisotopic (exact) mass is 279 g/mol. The van der Waals surface area contributed by atoms with Gasteiger partial charge in [0.2, 0.25) is 0 Å². The Labute approximate surface area is 119 Å². The van der Waals surface area contributed by atoms with Gasteiger partial charge in [-0.05, 0) is 42.9 Å². The Morgan fingerprint density at radius 3 is 2.61 bits per heavy atom. The number of nitrogens with zero attached hydrogens (tertiary/aromatic N) is 1. The van der Waals surface area contributed by atoms with Crippen LogP contribution < -0.4 is 0 Å². The van der Waals surface area contributed by atoms with E-state index in [1.807, 2.05) is 0 Å². The molecular weight excluding hydrogens is 258 g/mol. The molecule has 1 nitrogen and oxygen atoms in total. The van der Waals surface area contributed by atoms with Crippen molar-refractivity contribution in [2.75, 3.05) is 18.1 Å². The molecule has 0 N–H and O–H groups in total. The third-order valence-electron chi connectivity index (χ3n) is 3.81. The lowest BCUT2D eigenvalue weighted by Crippen LogP contribution is -2.36. The summed E-state index contributed by atoms with van der Waals surface area (Å²) >= 11 is 4.39. The van der Waals surface area contributed by atoms with Gasteiger partial charge in [-0.15, -0.1) is 23.5 Å². The molecule has 0 aromatic heterocycles. The van der Waals surface area contributed by atoms with Gasteiger partial charge in [0.05, 0.1) is 4.58 Å². The Morgan fingerprint density at radius 2 is 1.83 bits per heavy atom. The van der Waals surface area contributed by atoms with Crippen molar-refractivity contribution >= 4 is 23.5 Å². The van der Waals surface area contributed by atoms with Crippen LogP contribution >= 0.6 is 23.5 Å². The largest absolute Gasteiger partial charge is 0.294 e. The number of benzene rings is 1. The smallest absolute Gasteiger partial charge is 0.0657 e. The second-order valence-electron chi connectivity index (χ2n) is 5.13. The highest BCUT2D eigenvalue weighted by Crippen LogP contribution is 2.39. The highest BCUT2D eigenvalue weighted by Gasteiger charge is 2.33. The molecule has 0 bridgehead atoms. The average Bonchev–Trinajstić information content (AvgIpc) is 2.89. The molecule has 2 saturated heterocycles. The number of likely N-dealkylation sites (tertiary alicyclic amines) is 1. The number of thioether (sulfide) groups is 2. The molecule has 0 aliphatic carbocycles. The fraction of sp³-hybridized carbons (Fsp3) is 0.600. The summed E-state index contributed by atoms with van der Waals surface area (Å²) in [6, 6.07) is 11.8. The molecule has 3 heteroatoms. The molecule has 0 radical (unpaired) electrons. The van der Waals surface area contributed by atoms with Crippen LogP contribution in [0.5, 0.6) is 0 Å². The minimum atomic E-state index is 0.806. The first kappa shape index (κ1) is 12.9. The Balaban J connectivity index is 1.63. The summed E-state index contributed by atoms with van der Waals surface area (Å²) in [7, 11) is 0. The van der Waals surface area contributed by atoms with Gasteiger partial charge in [0, 0.05) is 12.6 Å². The zero-order valence-electron chi connectivity index (χ0n) is 10.8. The van der Waals surface area contributed by atoms with Crippen molar-refractivity contribution in [3.05, 3.63) is 35.9 Å². The molecular formula is C15H21NS2. The average molecular weight is 279 g/mol. The van der Waals surface area contributed by atoms with Crippen LogP contribution in [0.25, 0.3) is 0 Å². The molecule has 1 aromatic rings. The molecule has 2 fully saturated rings. The van der Waals surface area contributed by atoms with E-state index in [2.05, 4.69) is 58.8 Å². The molecule has 0 saturated carbocycles. The fourth-order valence-corrected chi connectivity index (χ4v) is 6.19. The van der Waals surface area contributed by atoms with E-state index in [9.17, 15) is 0 Å². The second-order valence-corrected chi connectivity index (χ2v) is 7.93. The van der Waals surface area contributed by atoms with E-state index in [0.29, 0.717) is 0 Å². The van der Waals surface area contributed by atoms with Crippen molar-refractivity contribution in [2.45, 2.75) is 36.4 Å². The van der Waals surface area contributed by atoms with Crippen molar-refractivity contribution in [3.8, 4) is 0 Å². The van der Waals surface area contributed by atoms with E-state index >= 15 is 0 Å². The van der Waals surface area contributed by atoms with E-state index < -0.39 is 0 Å². The van der Waals surface area contributed by atoms with Gasteiger partial charge in [-0.3, -0.25) is 4.90 Å². The van der Waals surface area contributed by atoms with Crippen molar-refractivity contribution in [1.29, 1.82) is 0 Å². The van der Waals surface area contributed by atoms with Gasteiger partial charge in [-0.25, -0.2) is 0 Å². The zero-order valence-corrected chi connectivity index (χ0v) is 12.4. The van der Waals surface area contributed by atoms with E-state index in [0.717, 1.165) is 17.2 Å². The third-order valence-corrected chi connectivity index (χ3v) is 6.96. The maximum atomic E-state index is 2.71. The molecule has 2 aliphatic heterocycles. The molecule has 0 amide bonds. The van der Waals surface area contributed by atoms with Crippen molar-refractivity contribution in [2.24, 2.45) is 0 Å². The SMILES string of the molecule is c1ccc(CN2CCCC2C2SCCCS2)cc1. The van der Waals surface area contributed by atoms with Gasteiger partial charge in [-0.1, -0.05) is 30.3 Å². The van der Waals surface area contributed by atoms with Crippen LogP contribution in [0.3, 0.4) is 0 Å². The highest BCUT2D eigenvalue weighted by molar-refractivity contribution is 8.17. The van der Waals surface area contributed by atoms with Gasteiger partial charge in [0.25, 0.3) is 0 Å². The summed E-state index contributed by atoms with van der Waals surface area (Å²) < 4.78 is 0.824. The Bertz CT molecular complexity index is 362. The summed E-state index contributed by atoms with van der Waals surface area (Å²) in [6.45, 7) is 2.43. The first-order valence-electron chi connectivity index (χ1n) is 6.95. The predicted octanol–water partition coefficient (Wildman–Crippen LogP) is 3.85. The Hall–Kier alpha value is -0.120. The Morgan fingerprint density at radius 1 is 1.06 bits per heavy atom. The van der Waals surface area contributed by atoms with Crippen molar-refractivity contribution in [1.82, 2.24) is 4.90 Å². The number of rotatable bonds is 3. The van der Waals surface area contributed by atoms with Crippen molar-refractivity contribution in [3.63, 3.8) is 0 Å². The summed E-state index contributed by atoms with van der Waals surface area (Å²) in [5.41, 5.74) is 1.47. The van der Waals surface area contributed by atoms with Crippen LogP contribution in [-0.4, -0.2) is 33.6 Å². The quantitative estimate of drug-likeness (QED) is 0.827. The van der Waals surface area contributed by atoms with Crippen LogP contribution in [0.4, 0.5) is 0 Å². The molecule has 18 heavy (non-hydrogen) atoms. The van der Waals surface area contributed by atoms with Crippen LogP contribution in [-0.2, 0) is 6.54 Å². The van der Waals surface area contributed by atoms with E-state index in [-0.39, 0.29) is 0 Å². The predicted molar refractivity (Wildman–Crippen MR) is 83.2 cm³/mol. The van der Waals surface area contributed by atoms with Crippen LogP contribution in [0.2, 0.25) is 0 Å². The third kappa shape index (κ3) is 3.06. The molecule has 0 spiro atoms. The lowest BCUT2D eigenvalue weighted by Gasteiger charge is -2.33. The van der Waals surface area contributed by atoms with Gasteiger partial charge in [0.15, 0.2) is 0 Å². The van der Waals surface area contributed by atoms with Gasteiger partial charge >= 0.3 is 0 Å². The van der Waals surface area contributed by atoms with Gasteiger partial charge < -0.3 is 0 Å². The zero-order chi connectivity index (χ0) is 12.2. The standard InChI is InChI=1S/C15H21NS2/c1-2-6-13(7-3-1)12-16-9-4-8-14(16)15-17-10-5-11-18-15/h1-3,6-7,14-15H,4-5,8-12H2. The maximum Gasteiger partial charge on any atom is 0.0657 e. The van der Waals surface area contributed by atoms with E-state index in [4.69, 9.17) is 0 Å². The lowest BCUT2D eigenvalue weighted by molar-refractivity contribution is 0.258. The van der Waals surface area contributed by atoms with E-state index in [1.54, 1.807) is 0 Å². The second kappa shape index (κ2) is 6.36. The fourth-order valence-electron chi connectivity index (χ4n) is 2.90. The number of hydrogen-bond donors (Lipinski definition) is 0. The van der Waals surface area contributed by atoms with Gasteiger partial charge in [0.1, 0.15) is 0 Å². The first-order chi connectivity index (χ1) is 8.93. The van der Waals surface area contributed by atoms with Crippen LogP contribution in [0, 0.1) is 0 Å². The highest BCUT2D eigenvalue weighted by atomic mass is 32.2. The van der Waals surface area contributed by atoms with Crippen molar-refractivity contribution < 1.29 is 0 Å². The summed E-state index contributed by atoms with van der Waals surface area (Å²) in [5.74, 6) is 2.74. The molecule has 2 aliphatic rings. The molecule has 2 heterocycles. The van der Waals surface area contributed by atoms with E-state index in [1.165, 1.54) is 42.9 Å². The summed E-state index contributed by atoms with van der Waals surface area (Å²) in [6.07, 6.45) is 4.18.